The van der Waals surface area contributed by atoms with Gasteiger partial charge < -0.3 is 24.6 Å². The first kappa shape index (κ1) is 20.0. The zero-order valence-corrected chi connectivity index (χ0v) is 16.3. The molecule has 3 rings (SSSR count). The highest BCUT2D eigenvalue weighted by molar-refractivity contribution is 5.92. The highest BCUT2D eigenvalue weighted by atomic mass is 16.6. The van der Waals surface area contributed by atoms with Gasteiger partial charge in [-0.2, -0.15) is 0 Å². The second-order valence-corrected chi connectivity index (χ2v) is 7.03. The number of piperazine rings is 1. The van der Waals surface area contributed by atoms with Gasteiger partial charge in [0.1, 0.15) is 5.75 Å². The lowest BCUT2D eigenvalue weighted by molar-refractivity contribution is -0.136. The summed E-state index contributed by atoms with van der Waals surface area (Å²) in [6.45, 7) is 4.43. The van der Waals surface area contributed by atoms with E-state index < -0.39 is 0 Å². The van der Waals surface area contributed by atoms with Gasteiger partial charge in [0.2, 0.25) is 11.8 Å². The van der Waals surface area contributed by atoms with Gasteiger partial charge in [-0.1, -0.05) is 12.1 Å². The smallest absolute Gasteiger partial charge is 0.409 e. The fourth-order valence-corrected chi connectivity index (χ4v) is 3.38. The Balaban J connectivity index is 1.41. The zero-order valence-electron chi connectivity index (χ0n) is 16.3. The number of methoxy groups -OCH3 is 1. The number of rotatable bonds is 6. The lowest BCUT2D eigenvalue weighted by atomic mass is 10.2. The number of amides is 3. The monoisotopic (exact) mass is 389 g/mol. The van der Waals surface area contributed by atoms with E-state index in [-0.39, 0.29) is 29.7 Å². The fourth-order valence-electron chi connectivity index (χ4n) is 3.38. The molecule has 1 aliphatic carbocycles. The van der Waals surface area contributed by atoms with Gasteiger partial charge in [0, 0.05) is 32.7 Å². The molecule has 2 aliphatic rings. The zero-order chi connectivity index (χ0) is 20.1. The van der Waals surface area contributed by atoms with Crippen molar-refractivity contribution in [2.75, 3.05) is 39.9 Å². The third kappa shape index (κ3) is 4.74. The SMILES string of the molecule is CCOC(=O)N1CCN(C(=O)C2CC2C(=O)NCc2ccc(OC)cc2)CC1. The normalized spacial score (nSPS) is 21.1. The van der Waals surface area contributed by atoms with Gasteiger partial charge >= 0.3 is 6.09 Å². The van der Waals surface area contributed by atoms with Crippen LogP contribution in [-0.4, -0.2) is 67.6 Å². The van der Waals surface area contributed by atoms with Gasteiger partial charge in [-0.15, -0.1) is 0 Å². The van der Waals surface area contributed by atoms with Crippen molar-refractivity contribution in [3.63, 3.8) is 0 Å². The largest absolute Gasteiger partial charge is 0.497 e. The van der Waals surface area contributed by atoms with E-state index in [1.807, 2.05) is 24.3 Å². The van der Waals surface area contributed by atoms with E-state index in [9.17, 15) is 14.4 Å². The molecule has 2 fully saturated rings. The minimum Gasteiger partial charge on any atom is -0.497 e. The van der Waals surface area contributed by atoms with Crippen LogP contribution in [-0.2, 0) is 20.9 Å². The first-order valence-corrected chi connectivity index (χ1v) is 9.64. The van der Waals surface area contributed by atoms with Crippen molar-refractivity contribution >= 4 is 17.9 Å². The number of hydrogen-bond donors (Lipinski definition) is 1. The lowest BCUT2D eigenvalue weighted by Crippen LogP contribution is -2.51. The fraction of sp³-hybridized carbons (Fsp3) is 0.550. The number of carbonyl (C=O) groups is 3. The second-order valence-electron chi connectivity index (χ2n) is 7.03. The molecular formula is C20H27N3O5. The summed E-state index contributed by atoms with van der Waals surface area (Å²) in [5.74, 6) is 0.192. The van der Waals surface area contributed by atoms with E-state index in [1.54, 1.807) is 23.8 Å². The molecule has 1 aromatic carbocycles. The molecule has 0 aromatic heterocycles. The third-order valence-electron chi connectivity index (χ3n) is 5.19. The molecule has 2 unspecified atom stereocenters. The Morgan fingerprint density at radius 3 is 2.29 bits per heavy atom. The quantitative estimate of drug-likeness (QED) is 0.791. The molecule has 1 saturated heterocycles. The summed E-state index contributed by atoms with van der Waals surface area (Å²) in [5, 5.41) is 2.90. The Hall–Kier alpha value is -2.77. The summed E-state index contributed by atoms with van der Waals surface area (Å²) in [5.41, 5.74) is 0.979. The Bertz CT molecular complexity index is 713. The molecular weight excluding hydrogens is 362 g/mol. The summed E-state index contributed by atoms with van der Waals surface area (Å²) in [6, 6.07) is 7.50. The van der Waals surface area contributed by atoms with E-state index in [4.69, 9.17) is 9.47 Å². The Kier molecular flexibility index (Phi) is 6.38. The van der Waals surface area contributed by atoms with Crippen LogP contribution in [0.15, 0.2) is 24.3 Å². The minimum atomic E-state index is -0.336. The standard InChI is InChI=1S/C20H27N3O5/c1-3-28-20(26)23-10-8-22(9-11-23)19(25)17-12-16(17)18(24)21-13-14-4-6-15(27-2)7-5-14/h4-7,16-17H,3,8-13H2,1-2H3,(H,21,24). The number of ether oxygens (including phenoxy) is 2. The molecule has 8 nitrogen and oxygen atoms in total. The van der Waals surface area contributed by atoms with E-state index >= 15 is 0 Å². The topological polar surface area (TPSA) is 88.2 Å². The van der Waals surface area contributed by atoms with E-state index in [0.29, 0.717) is 45.8 Å². The number of carbonyl (C=O) groups excluding carboxylic acids is 3. The van der Waals surface area contributed by atoms with Crippen molar-refractivity contribution in [2.45, 2.75) is 19.9 Å². The van der Waals surface area contributed by atoms with Gasteiger partial charge in [0.15, 0.2) is 0 Å². The van der Waals surface area contributed by atoms with Crippen LogP contribution in [0.3, 0.4) is 0 Å². The van der Waals surface area contributed by atoms with Crippen molar-refractivity contribution in [3.05, 3.63) is 29.8 Å². The molecule has 0 radical (unpaired) electrons. The van der Waals surface area contributed by atoms with E-state index in [0.717, 1.165) is 11.3 Å². The molecule has 0 bridgehead atoms. The maximum Gasteiger partial charge on any atom is 0.409 e. The van der Waals surface area contributed by atoms with Crippen molar-refractivity contribution in [2.24, 2.45) is 11.8 Å². The number of benzene rings is 1. The first-order valence-electron chi connectivity index (χ1n) is 9.64. The molecule has 2 atom stereocenters. The first-order chi connectivity index (χ1) is 13.5. The molecule has 1 N–H and O–H groups in total. The van der Waals surface area contributed by atoms with Crippen molar-refractivity contribution in [1.29, 1.82) is 0 Å². The number of hydrogen-bond acceptors (Lipinski definition) is 5. The van der Waals surface area contributed by atoms with Crippen molar-refractivity contribution in [1.82, 2.24) is 15.1 Å². The van der Waals surface area contributed by atoms with Crippen LogP contribution in [0.2, 0.25) is 0 Å². The Labute approximate surface area is 164 Å². The molecule has 28 heavy (non-hydrogen) atoms. The van der Waals surface area contributed by atoms with Crippen LogP contribution in [0.5, 0.6) is 5.75 Å². The number of nitrogens with zero attached hydrogens (tertiary/aromatic N) is 2. The predicted octanol–water partition coefficient (Wildman–Crippen LogP) is 1.25. The molecule has 0 spiro atoms. The highest BCUT2D eigenvalue weighted by Gasteiger charge is 2.49. The van der Waals surface area contributed by atoms with Crippen LogP contribution in [0.25, 0.3) is 0 Å². The van der Waals surface area contributed by atoms with E-state index in [2.05, 4.69) is 5.32 Å². The van der Waals surface area contributed by atoms with Crippen LogP contribution in [0.4, 0.5) is 4.79 Å². The van der Waals surface area contributed by atoms with Gasteiger partial charge in [-0.25, -0.2) is 4.79 Å². The van der Waals surface area contributed by atoms with Crippen molar-refractivity contribution < 1.29 is 23.9 Å². The molecule has 1 saturated carbocycles. The average molecular weight is 389 g/mol. The van der Waals surface area contributed by atoms with Gasteiger partial charge in [-0.05, 0) is 31.0 Å². The maximum absolute atomic E-state index is 12.6. The maximum atomic E-state index is 12.6. The summed E-state index contributed by atoms with van der Waals surface area (Å²) in [6.07, 6.45) is 0.252. The molecule has 1 aliphatic heterocycles. The summed E-state index contributed by atoms with van der Waals surface area (Å²) in [7, 11) is 1.61. The van der Waals surface area contributed by atoms with Crippen LogP contribution >= 0.6 is 0 Å². The molecule has 8 heteroatoms. The van der Waals surface area contributed by atoms with Crippen LogP contribution in [0, 0.1) is 11.8 Å². The third-order valence-corrected chi connectivity index (χ3v) is 5.19. The molecule has 152 valence electrons. The average Bonchev–Trinajstić information content (AvgIpc) is 3.53. The molecule has 1 aromatic rings. The van der Waals surface area contributed by atoms with Crippen LogP contribution in [0.1, 0.15) is 18.9 Å². The van der Waals surface area contributed by atoms with Gasteiger partial charge in [0.05, 0.1) is 25.6 Å². The van der Waals surface area contributed by atoms with Gasteiger partial charge in [-0.3, -0.25) is 9.59 Å². The second kappa shape index (κ2) is 8.95. The van der Waals surface area contributed by atoms with Crippen molar-refractivity contribution in [3.8, 4) is 5.75 Å². The Morgan fingerprint density at radius 2 is 1.68 bits per heavy atom. The number of nitrogens with one attached hydrogen (secondary N) is 1. The van der Waals surface area contributed by atoms with E-state index in [1.165, 1.54) is 0 Å². The highest BCUT2D eigenvalue weighted by Crippen LogP contribution is 2.40. The van der Waals surface area contributed by atoms with Crippen LogP contribution < -0.4 is 10.1 Å². The Morgan fingerprint density at radius 1 is 1.04 bits per heavy atom. The predicted molar refractivity (Wildman–Crippen MR) is 102 cm³/mol. The summed E-state index contributed by atoms with van der Waals surface area (Å²) < 4.78 is 10.1. The summed E-state index contributed by atoms with van der Waals surface area (Å²) >= 11 is 0. The molecule has 1 heterocycles. The molecule has 3 amide bonds. The summed E-state index contributed by atoms with van der Waals surface area (Å²) in [4.78, 5) is 40.0. The van der Waals surface area contributed by atoms with Gasteiger partial charge in [0.25, 0.3) is 0 Å². The lowest BCUT2D eigenvalue weighted by Gasteiger charge is -2.34. The minimum absolute atomic E-state index is 0.00751.